The summed E-state index contributed by atoms with van der Waals surface area (Å²) < 4.78 is 2.78. The van der Waals surface area contributed by atoms with Crippen LogP contribution in [0.15, 0.2) is 0 Å². The van der Waals surface area contributed by atoms with E-state index in [1.807, 2.05) is 0 Å². The highest BCUT2D eigenvalue weighted by Crippen LogP contribution is 2.47. The molecule has 0 aromatic carbocycles. The highest BCUT2D eigenvalue weighted by atomic mass is 15.3. The van der Waals surface area contributed by atoms with Crippen molar-refractivity contribution in [1.82, 2.24) is 14.8 Å². The van der Waals surface area contributed by atoms with Crippen molar-refractivity contribution in [3.05, 3.63) is 11.6 Å². The molecule has 1 aromatic heterocycles. The predicted molar refractivity (Wildman–Crippen MR) is 147 cm³/mol. The molecule has 3 heteroatoms. The van der Waals surface area contributed by atoms with Crippen molar-refractivity contribution in [2.24, 2.45) is 29.1 Å². The highest BCUT2D eigenvalue weighted by molar-refractivity contribution is 5.11. The molecule has 35 heavy (non-hydrogen) atoms. The van der Waals surface area contributed by atoms with Gasteiger partial charge >= 0.3 is 0 Å². The second-order valence-electron chi connectivity index (χ2n) is 14.3. The molecule has 4 fully saturated rings. The van der Waals surface area contributed by atoms with E-state index in [0.717, 1.165) is 23.7 Å². The van der Waals surface area contributed by atoms with Gasteiger partial charge in [-0.05, 0) is 106 Å². The standard InChI is InChI=1S/C32H55N3/c1-5-23-11-21-29(22-12-23)35-30(26-15-13-25(14-16-26)24-9-7-6-8-10-24)33-34-31(35)27-17-19-28(20-18-27)32(2,3)4/h23-29H,5-22H2,1-4H3. The van der Waals surface area contributed by atoms with Gasteiger partial charge in [0.25, 0.3) is 0 Å². The van der Waals surface area contributed by atoms with E-state index in [1.54, 1.807) is 0 Å². The minimum absolute atomic E-state index is 0.444. The smallest absolute Gasteiger partial charge is 0.136 e. The Morgan fingerprint density at radius 1 is 0.629 bits per heavy atom. The lowest BCUT2D eigenvalue weighted by atomic mass is 9.69. The van der Waals surface area contributed by atoms with Crippen molar-refractivity contribution in [2.75, 3.05) is 0 Å². The fourth-order valence-corrected chi connectivity index (χ4v) is 8.73. The van der Waals surface area contributed by atoms with Crippen LogP contribution in [-0.2, 0) is 0 Å². The zero-order valence-corrected chi connectivity index (χ0v) is 23.6. The summed E-state index contributed by atoms with van der Waals surface area (Å²) in [5.41, 5.74) is 0.444. The van der Waals surface area contributed by atoms with Crippen LogP contribution in [0.5, 0.6) is 0 Å². The molecule has 0 amide bonds. The Morgan fingerprint density at radius 2 is 1.14 bits per heavy atom. The van der Waals surface area contributed by atoms with Gasteiger partial charge in [0.05, 0.1) is 0 Å². The van der Waals surface area contributed by atoms with Gasteiger partial charge in [0.1, 0.15) is 11.6 Å². The molecular weight excluding hydrogens is 426 g/mol. The molecule has 0 radical (unpaired) electrons. The van der Waals surface area contributed by atoms with Gasteiger partial charge in [-0.2, -0.15) is 0 Å². The Hall–Kier alpha value is -0.860. The van der Waals surface area contributed by atoms with Crippen LogP contribution in [-0.4, -0.2) is 14.8 Å². The lowest BCUT2D eigenvalue weighted by Crippen LogP contribution is -2.29. The molecule has 4 aliphatic rings. The topological polar surface area (TPSA) is 30.7 Å². The van der Waals surface area contributed by atoms with Gasteiger partial charge in [-0.15, -0.1) is 10.2 Å². The minimum atomic E-state index is 0.444. The first-order valence-corrected chi connectivity index (χ1v) is 15.9. The molecule has 1 aromatic rings. The molecule has 0 spiro atoms. The zero-order valence-electron chi connectivity index (χ0n) is 23.6. The minimum Gasteiger partial charge on any atom is -0.311 e. The summed E-state index contributed by atoms with van der Waals surface area (Å²) >= 11 is 0. The third-order valence-electron chi connectivity index (χ3n) is 11.3. The fraction of sp³-hybridized carbons (Fsp3) is 0.938. The van der Waals surface area contributed by atoms with Crippen molar-refractivity contribution in [1.29, 1.82) is 0 Å². The maximum atomic E-state index is 5.05. The summed E-state index contributed by atoms with van der Waals surface area (Å²) in [6.45, 7) is 9.70. The zero-order chi connectivity index (χ0) is 24.4. The van der Waals surface area contributed by atoms with Crippen LogP contribution in [0, 0.1) is 29.1 Å². The quantitative estimate of drug-likeness (QED) is 0.419. The number of hydrogen-bond acceptors (Lipinski definition) is 2. The number of rotatable bonds is 5. The first-order chi connectivity index (χ1) is 16.9. The van der Waals surface area contributed by atoms with Gasteiger partial charge in [0.2, 0.25) is 0 Å². The average molecular weight is 482 g/mol. The molecule has 5 rings (SSSR count). The molecule has 0 atom stereocenters. The Bertz CT molecular complexity index is 774. The summed E-state index contributed by atoms with van der Waals surface area (Å²) in [7, 11) is 0. The van der Waals surface area contributed by atoms with Crippen molar-refractivity contribution >= 4 is 0 Å². The van der Waals surface area contributed by atoms with E-state index in [4.69, 9.17) is 10.2 Å². The molecule has 0 unspecified atom stereocenters. The van der Waals surface area contributed by atoms with Gasteiger partial charge in [-0.3, -0.25) is 0 Å². The Labute approximate surface area is 216 Å². The Balaban J connectivity index is 1.32. The molecule has 4 saturated carbocycles. The third kappa shape index (κ3) is 5.85. The Morgan fingerprint density at radius 3 is 1.66 bits per heavy atom. The Kier molecular flexibility index (Phi) is 8.29. The number of aromatic nitrogens is 3. The van der Waals surface area contributed by atoms with Crippen molar-refractivity contribution in [2.45, 2.75) is 161 Å². The van der Waals surface area contributed by atoms with Gasteiger partial charge in [0.15, 0.2) is 0 Å². The SMILES string of the molecule is CCC1CCC(n2c(C3CCC(C4CCCCC4)CC3)nnc2C2CCC(C(C)(C)C)CC2)CC1. The van der Waals surface area contributed by atoms with Crippen LogP contribution < -0.4 is 0 Å². The van der Waals surface area contributed by atoms with Crippen LogP contribution in [0.25, 0.3) is 0 Å². The van der Waals surface area contributed by atoms with E-state index in [-0.39, 0.29) is 0 Å². The normalized spacial score (nSPS) is 35.8. The maximum absolute atomic E-state index is 5.05. The molecule has 0 aliphatic heterocycles. The lowest BCUT2D eigenvalue weighted by molar-refractivity contribution is 0.163. The van der Waals surface area contributed by atoms with E-state index < -0.39 is 0 Å². The van der Waals surface area contributed by atoms with E-state index in [9.17, 15) is 0 Å². The summed E-state index contributed by atoms with van der Waals surface area (Å²) in [6.07, 6.45) is 25.3. The molecule has 4 aliphatic carbocycles. The van der Waals surface area contributed by atoms with Crippen LogP contribution in [0.4, 0.5) is 0 Å². The molecule has 0 N–H and O–H groups in total. The molecule has 0 bridgehead atoms. The highest BCUT2D eigenvalue weighted by Gasteiger charge is 2.37. The first-order valence-electron chi connectivity index (χ1n) is 15.9. The second-order valence-corrected chi connectivity index (χ2v) is 14.3. The van der Waals surface area contributed by atoms with E-state index in [0.29, 0.717) is 23.3 Å². The van der Waals surface area contributed by atoms with Crippen LogP contribution in [0.3, 0.4) is 0 Å². The molecule has 198 valence electrons. The number of nitrogens with zero attached hydrogens (tertiary/aromatic N) is 3. The molecule has 3 nitrogen and oxygen atoms in total. The largest absolute Gasteiger partial charge is 0.311 e. The summed E-state index contributed by atoms with van der Waals surface area (Å²) in [4.78, 5) is 0. The van der Waals surface area contributed by atoms with Crippen molar-refractivity contribution in [3.63, 3.8) is 0 Å². The van der Waals surface area contributed by atoms with Crippen LogP contribution >= 0.6 is 0 Å². The third-order valence-corrected chi connectivity index (χ3v) is 11.3. The second kappa shape index (κ2) is 11.3. The van der Waals surface area contributed by atoms with E-state index in [2.05, 4.69) is 32.3 Å². The van der Waals surface area contributed by atoms with E-state index in [1.165, 1.54) is 127 Å². The maximum Gasteiger partial charge on any atom is 0.136 e. The molecular formula is C32H55N3. The van der Waals surface area contributed by atoms with Crippen LogP contribution in [0.2, 0.25) is 0 Å². The van der Waals surface area contributed by atoms with E-state index >= 15 is 0 Å². The van der Waals surface area contributed by atoms with Gasteiger partial charge in [-0.1, -0.05) is 66.2 Å². The van der Waals surface area contributed by atoms with Gasteiger partial charge in [-0.25, -0.2) is 0 Å². The number of hydrogen-bond donors (Lipinski definition) is 0. The van der Waals surface area contributed by atoms with Crippen LogP contribution in [0.1, 0.15) is 173 Å². The summed E-state index contributed by atoms with van der Waals surface area (Å²) in [5.74, 6) is 7.92. The summed E-state index contributed by atoms with van der Waals surface area (Å²) in [5, 5.41) is 10.1. The van der Waals surface area contributed by atoms with Gasteiger partial charge in [0, 0.05) is 17.9 Å². The molecule has 1 heterocycles. The van der Waals surface area contributed by atoms with Gasteiger partial charge < -0.3 is 4.57 Å². The van der Waals surface area contributed by atoms with Crippen molar-refractivity contribution < 1.29 is 0 Å². The molecule has 0 saturated heterocycles. The fourth-order valence-electron chi connectivity index (χ4n) is 8.73. The monoisotopic (exact) mass is 481 g/mol. The lowest BCUT2D eigenvalue weighted by Gasteiger charge is -2.38. The first kappa shape index (κ1) is 25.8. The van der Waals surface area contributed by atoms with Crippen molar-refractivity contribution in [3.8, 4) is 0 Å². The predicted octanol–water partition coefficient (Wildman–Crippen LogP) is 9.59. The average Bonchev–Trinajstić information content (AvgIpc) is 3.34. The summed E-state index contributed by atoms with van der Waals surface area (Å²) in [6, 6.07) is 0.661.